The van der Waals surface area contributed by atoms with Crippen LogP contribution in [0.3, 0.4) is 0 Å². The van der Waals surface area contributed by atoms with E-state index in [1.165, 1.54) is 44.9 Å². The van der Waals surface area contributed by atoms with Crippen LogP contribution in [0.25, 0.3) is 0 Å². The van der Waals surface area contributed by atoms with E-state index >= 15 is 0 Å². The van der Waals surface area contributed by atoms with Crippen molar-refractivity contribution in [3.8, 4) is 0 Å². The van der Waals surface area contributed by atoms with Gasteiger partial charge in [-0.3, -0.25) is 0 Å². The van der Waals surface area contributed by atoms with Gasteiger partial charge < -0.3 is 10.1 Å². The molecular weight excluding hydrogens is 222 g/mol. The number of ether oxygens (including phenoxy) is 1. The van der Waals surface area contributed by atoms with E-state index in [9.17, 15) is 0 Å². The Kier molecular flexibility index (Phi) is 5.50. The molecule has 2 aliphatic carbocycles. The van der Waals surface area contributed by atoms with Crippen LogP contribution in [0.15, 0.2) is 0 Å². The average Bonchev–Trinajstić information content (AvgIpc) is 2.88. The molecule has 2 aliphatic rings. The van der Waals surface area contributed by atoms with Gasteiger partial charge in [-0.05, 0) is 56.9 Å². The third-order valence-electron chi connectivity index (χ3n) is 5.40. The number of likely N-dealkylation sites (N-methyl/N-ethyl adjacent to an activating group) is 1. The largest absolute Gasteiger partial charge is 0.377 e. The second-order valence-electron chi connectivity index (χ2n) is 6.66. The van der Waals surface area contributed by atoms with Crippen molar-refractivity contribution in [3.05, 3.63) is 0 Å². The van der Waals surface area contributed by atoms with Crippen molar-refractivity contribution < 1.29 is 4.74 Å². The number of nitrogens with one attached hydrogen (secondary N) is 1. The fourth-order valence-electron chi connectivity index (χ4n) is 3.70. The van der Waals surface area contributed by atoms with Crippen LogP contribution in [-0.4, -0.2) is 25.8 Å². The van der Waals surface area contributed by atoms with E-state index in [1.807, 2.05) is 0 Å². The molecule has 1 N–H and O–H groups in total. The predicted octanol–water partition coefficient (Wildman–Crippen LogP) is 3.61. The molecule has 0 bridgehead atoms. The number of hydrogen-bond donors (Lipinski definition) is 1. The maximum absolute atomic E-state index is 6.20. The average molecular weight is 253 g/mol. The smallest absolute Gasteiger partial charge is 0.0625 e. The maximum atomic E-state index is 6.20. The van der Waals surface area contributed by atoms with Crippen LogP contribution in [0.4, 0.5) is 0 Å². The Morgan fingerprint density at radius 3 is 2.39 bits per heavy atom. The lowest BCUT2D eigenvalue weighted by Crippen LogP contribution is -2.39. The summed E-state index contributed by atoms with van der Waals surface area (Å²) in [4.78, 5) is 0. The highest BCUT2D eigenvalue weighted by atomic mass is 16.5. The Bertz CT molecular complexity index is 237. The van der Waals surface area contributed by atoms with Crippen molar-refractivity contribution in [2.45, 2.75) is 70.9 Å². The van der Waals surface area contributed by atoms with Crippen LogP contribution in [0, 0.1) is 17.8 Å². The van der Waals surface area contributed by atoms with Gasteiger partial charge in [0.15, 0.2) is 0 Å². The van der Waals surface area contributed by atoms with Gasteiger partial charge in [0, 0.05) is 6.04 Å². The van der Waals surface area contributed by atoms with Crippen molar-refractivity contribution >= 4 is 0 Å². The third-order valence-corrected chi connectivity index (χ3v) is 5.40. The lowest BCUT2D eigenvalue weighted by Gasteiger charge is -2.33. The van der Waals surface area contributed by atoms with Gasteiger partial charge in [0.25, 0.3) is 0 Å². The molecule has 0 spiro atoms. The molecule has 2 nitrogen and oxygen atoms in total. The lowest BCUT2D eigenvalue weighted by atomic mass is 9.80. The van der Waals surface area contributed by atoms with Crippen LogP contribution in [0.5, 0.6) is 0 Å². The summed E-state index contributed by atoms with van der Waals surface area (Å²) in [6.45, 7) is 5.69. The number of rotatable bonds is 5. The van der Waals surface area contributed by atoms with Crippen LogP contribution < -0.4 is 5.32 Å². The van der Waals surface area contributed by atoms with Gasteiger partial charge in [0.2, 0.25) is 0 Å². The first-order chi connectivity index (χ1) is 8.70. The van der Waals surface area contributed by atoms with E-state index in [0.29, 0.717) is 12.1 Å². The van der Waals surface area contributed by atoms with E-state index in [0.717, 1.165) is 24.4 Å². The monoisotopic (exact) mass is 253 g/mol. The molecule has 4 atom stereocenters. The fraction of sp³-hybridized carbons (Fsp3) is 1.00. The molecule has 0 radical (unpaired) electrons. The highest BCUT2D eigenvalue weighted by Crippen LogP contribution is 2.32. The highest BCUT2D eigenvalue weighted by Gasteiger charge is 2.28. The molecular formula is C16H31NO. The Labute approximate surface area is 113 Å². The molecule has 0 saturated heterocycles. The van der Waals surface area contributed by atoms with Gasteiger partial charge >= 0.3 is 0 Å². The molecule has 0 heterocycles. The third kappa shape index (κ3) is 3.71. The van der Waals surface area contributed by atoms with Crippen LogP contribution in [-0.2, 0) is 4.74 Å². The summed E-state index contributed by atoms with van der Waals surface area (Å²) < 4.78 is 6.20. The van der Waals surface area contributed by atoms with Gasteiger partial charge in [-0.1, -0.05) is 26.7 Å². The zero-order valence-electron chi connectivity index (χ0n) is 12.5. The topological polar surface area (TPSA) is 21.3 Å². The molecule has 0 aromatic carbocycles. The van der Waals surface area contributed by atoms with Crippen LogP contribution in [0.1, 0.15) is 58.8 Å². The summed E-state index contributed by atoms with van der Waals surface area (Å²) in [7, 11) is 2.10. The van der Waals surface area contributed by atoms with E-state index in [-0.39, 0.29) is 0 Å². The normalized spacial score (nSPS) is 35.8. The zero-order chi connectivity index (χ0) is 13.0. The standard InChI is InChI=1S/C16H31NO/c1-12-8-9-15(10-13(12)2)18-11-16(17-3)14-6-4-5-7-14/h12-17H,4-11H2,1-3H3. The van der Waals surface area contributed by atoms with Crippen molar-refractivity contribution in [1.29, 1.82) is 0 Å². The van der Waals surface area contributed by atoms with Crippen molar-refractivity contribution in [1.82, 2.24) is 5.32 Å². The van der Waals surface area contributed by atoms with Gasteiger partial charge in [0.05, 0.1) is 12.7 Å². The number of hydrogen-bond acceptors (Lipinski definition) is 2. The van der Waals surface area contributed by atoms with E-state index < -0.39 is 0 Å². The Hall–Kier alpha value is -0.0800. The summed E-state index contributed by atoms with van der Waals surface area (Å²) in [5, 5.41) is 3.48. The van der Waals surface area contributed by atoms with Gasteiger partial charge in [-0.25, -0.2) is 0 Å². The van der Waals surface area contributed by atoms with Crippen LogP contribution in [0.2, 0.25) is 0 Å². The highest BCUT2D eigenvalue weighted by molar-refractivity contribution is 4.81. The molecule has 0 aromatic rings. The molecule has 4 unspecified atom stereocenters. The molecule has 0 aliphatic heterocycles. The summed E-state index contributed by atoms with van der Waals surface area (Å²) in [6.07, 6.45) is 10.0. The fourth-order valence-corrected chi connectivity index (χ4v) is 3.70. The molecule has 18 heavy (non-hydrogen) atoms. The molecule has 106 valence electrons. The van der Waals surface area contributed by atoms with Gasteiger partial charge in [-0.15, -0.1) is 0 Å². The predicted molar refractivity (Wildman–Crippen MR) is 76.7 cm³/mol. The minimum absolute atomic E-state index is 0.522. The summed E-state index contributed by atoms with van der Waals surface area (Å²) >= 11 is 0. The van der Waals surface area contributed by atoms with E-state index in [1.54, 1.807) is 0 Å². The molecule has 0 amide bonds. The van der Waals surface area contributed by atoms with Gasteiger partial charge in [-0.2, -0.15) is 0 Å². The first-order valence-corrected chi connectivity index (χ1v) is 7.99. The van der Waals surface area contributed by atoms with E-state index in [4.69, 9.17) is 4.74 Å². The Balaban J connectivity index is 1.72. The summed E-state index contributed by atoms with van der Waals surface area (Å²) in [5.74, 6) is 2.58. The van der Waals surface area contributed by atoms with E-state index in [2.05, 4.69) is 26.2 Å². The summed E-state index contributed by atoms with van der Waals surface area (Å²) in [5.41, 5.74) is 0. The SMILES string of the molecule is CNC(COC1CCC(C)C(C)C1)C1CCCC1. The molecule has 0 aromatic heterocycles. The van der Waals surface area contributed by atoms with Gasteiger partial charge in [0.1, 0.15) is 0 Å². The molecule has 2 heteroatoms. The first-order valence-electron chi connectivity index (χ1n) is 7.99. The maximum Gasteiger partial charge on any atom is 0.0625 e. The lowest BCUT2D eigenvalue weighted by molar-refractivity contribution is -0.0130. The molecule has 2 rings (SSSR count). The van der Waals surface area contributed by atoms with Crippen molar-refractivity contribution in [3.63, 3.8) is 0 Å². The minimum atomic E-state index is 0.522. The Morgan fingerprint density at radius 2 is 1.78 bits per heavy atom. The molecule has 2 fully saturated rings. The zero-order valence-corrected chi connectivity index (χ0v) is 12.5. The quantitative estimate of drug-likeness (QED) is 0.808. The second-order valence-corrected chi connectivity index (χ2v) is 6.66. The van der Waals surface area contributed by atoms with Crippen LogP contribution >= 0.6 is 0 Å². The van der Waals surface area contributed by atoms with Crippen molar-refractivity contribution in [2.75, 3.05) is 13.7 Å². The van der Waals surface area contributed by atoms with Crippen molar-refractivity contribution in [2.24, 2.45) is 17.8 Å². The Morgan fingerprint density at radius 1 is 1.06 bits per heavy atom. The molecule has 2 saturated carbocycles. The minimum Gasteiger partial charge on any atom is -0.377 e. The first kappa shape index (κ1) is 14.3. The summed E-state index contributed by atoms with van der Waals surface area (Å²) in [6, 6.07) is 0.585. The second kappa shape index (κ2) is 6.91.